The minimum atomic E-state index is -1.30. The van der Waals surface area contributed by atoms with E-state index in [9.17, 15) is 19.7 Å². The standard InChI is InChI=1S/C12H21N3O5/c1-11(2,3)20-10(17)14-7-6-12(8-14,15(18)19)5-4-9(13)16/h4-8H2,1-3H3,(H2,13,16). The van der Waals surface area contributed by atoms with Crippen LogP contribution in [0.4, 0.5) is 4.79 Å². The second kappa shape index (κ2) is 5.64. The lowest BCUT2D eigenvalue weighted by Crippen LogP contribution is -2.44. The molecule has 1 aliphatic heterocycles. The van der Waals surface area contributed by atoms with Crippen molar-refractivity contribution in [1.82, 2.24) is 4.90 Å². The third-order valence-corrected chi connectivity index (χ3v) is 3.21. The van der Waals surface area contributed by atoms with Gasteiger partial charge in [0, 0.05) is 30.7 Å². The van der Waals surface area contributed by atoms with E-state index in [-0.39, 0.29) is 32.4 Å². The summed E-state index contributed by atoms with van der Waals surface area (Å²) in [5.41, 5.74) is 3.09. The predicted octanol–water partition coefficient (Wildman–Crippen LogP) is 0.908. The second-order valence-electron chi connectivity index (χ2n) is 6.10. The minimum Gasteiger partial charge on any atom is -0.444 e. The highest BCUT2D eigenvalue weighted by Gasteiger charge is 2.50. The number of carbonyl (C=O) groups excluding carboxylic acids is 2. The fourth-order valence-corrected chi connectivity index (χ4v) is 2.14. The predicted molar refractivity (Wildman–Crippen MR) is 70.6 cm³/mol. The van der Waals surface area contributed by atoms with Crippen LogP contribution in [-0.2, 0) is 9.53 Å². The molecule has 0 aromatic rings. The van der Waals surface area contributed by atoms with Gasteiger partial charge >= 0.3 is 6.09 Å². The Morgan fingerprint density at radius 1 is 1.45 bits per heavy atom. The van der Waals surface area contributed by atoms with Gasteiger partial charge < -0.3 is 15.4 Å². The Morgan fingerprint density at radius 2 is 2.05 bits per heavy atom. The molecule has 1 aliphatic rings. The molecular weight excluding hydrogens is 266 g/mol. The van der Waals surface area contributed by atoms with Crippen molar-refractivity contribution >= 4 is 12.0 Å². The molecule has 1 atom stereocenters. The minimum absolute atomic E-state index is 0.0363. The molecular formula is C12H21N3O5. The molecule has 0 spiro atoms. The van der Waals surface area contributed by atoms with Crippen molar-refractivity contribution in [3.8, 4) is 0 Å². The third kappa shape index (κ3) is 4.07. The van der Waals surface area contributed by atoms with E-state index in [1.807, 2.05) is 0 Å². The fraction of sp³-hybridized carbons (Fsp3) is 0.833. The molecule has 0 aromatic carbocycles. The Labute approximate surface area is 117 Å². The molecule has 1 fully saturated rings. The van der Waals surface area contributed by atoms with Crippen LogP contribution in [0.25, 0.3) is 0 Å². The van der Waals surface area contributed by atoms with E-state index in [2.05, 4.69) is 0 Å². The Morgan fingerprint density at radius 3 is 2.50 bits per heavy atom. The molecule has 20 heavy (non-hydrogen) atoms. The number of primary amides is 1. The first-order valence-corrected chi connectivity index (χ1v) is 6.46. The molecule has 1 saturated heterocycles. The maximum atomic E-state index is 11.9. The number of carbonyl (C=O) groups is 2. The molecule has 1 unspecified atom stereocenters. The highest BCUT2D eigenvalue weighted by atomic mass is 16.6. The smallest absolute Gasteiger partial charge is 0.410 e. The number of ether oxygens (including phenoxy) is 1. The Balaban J connectivity index is 2.72. The fourth-order valence-electron chi connectivity index (χ4n) is 2.14. The second-order valence-corrected chi connectivity index (χ2v) is 6.10. The Bertz CT molecular complexity index is 418. The van der Waals surface area contributed by atoms with Gasteiger partial charge in [0.05, 0.1) is 6.54 Å². The van der Waals surface area contributed by atoms with Crippen LogP contribution in [-0.4, -0.2) is 46.1 Å². The van der Waals surface area contributed by atoms with Gasteiger partial charge in [0.25, 0.3) is 0 Å². The van der Waals surface area contributed by atoms with Crippen LogP contribution >= 0.6 is 0 Å². The summed E-state index contributed by atoms with van der Waals surface area (Å²) in [7, 11) is 0. The average Bonchev–Trinajstić information content (AvgIpc) is 2.69. The van der Waals surface area contributed by atoms with Gasteiger partial charge in [-0.2, -0.15) is 0 Å². The number of nitro groups is 1. The number of hydrogen-bond acceptors (Lipinski definition) is 5. The molecule has 114 valence electrons. The molecule has 0 saturated carbocycles. The molecule has 0 radical (unpaired) electrons. The molecule has 8 heteroatoms. The Hall–Kier alpha value is -1.86. The molecule has 0 aliphatic carbocycles. The van der Waals surface area contributed by atoms with Gasteiger partial charge in [-0.15, -0.1) is 0 Å². The largest absolute Gasteiger partial charge is 0.444 e. The summed E-state index contributed by atoms with van der Waals surface area (Å²) in [6, 6.07) is 0. The lowest BCUT2D eigenvalue weighted by Gasteiger charge is -2.25. The summed E-state index contributed by atoms with van der Waals surface area (Å²) in [5, 5.41) is 11.3. The van der Waals surface area contributed by atoms with Crippen LogP contribution in [0.15, 0.2) is 0 Å². The molecule has 2 N–H and O–H groups in total. The average molecular weight is 287 g/mol. The van der Waals surface area contributed by atoms with Gasteiger partial charge in [-0.1, -0.05) is 0 Å². The van der Waals surface area contributed by atoms with Gasteiger partial charge in [-0.05, 0) is 20.8 Å². The number of hydrogen-bond donors (Lipinski definition) is 1. The van der Waals surface area contributed by atoms with Gasteiger partial charge in [0.1, 0.15) is 5.60 Å². The lowest BCUT2D eigenvalue weighted by molar-refractivity contribution is -0.566. The maximum Gasteiger partial charge on any atom is 0.410 e. The van der Waals surface area contributed by atoms with Crippen molar-refractivity contribution in [1.29, 1.82) is 0 Å². The summed E-state index contributed by atoms with van der Waals surface area (Å²) in [4.78, 5) is 34.9. The van der Waals surface area contributed by atoms with Crippen molar-refractivity contribution in [2.45, 2.75) is 51.2 Å². The molecule has 0 aromatic heterocycles. The number of likely N-dealkylation sites (tertiary alicyclic amines) is 1. The number of nitrogens with two attached hydrogens (primary N) is 1. The summed E-state index contributed by atoms with van der Waals surface area (Å²) in [6.45, 7) is 5.38. The lowest BCUT2D eigenvalue weighted by atomic mass is 9.93. The molecule has 1 heterocycles. The first-order chi connectivity index (χ1) is 9.06. The normalized spacial score (nSPS) is 22.6. The van der Waals surface area contributed by atoms with Crippen LogP contribution in [0.5, 0.6) is 0 Å². The molecule has 1 rings (SSSR count). The van der Waals surface area contributed by atoms with Crippen LogP contribution < -0.4 is 5.73 Å². The van der Waals surface area contributed by atoms with Crippen molar-refractivity contribution in [2.24, 2.45) is 5.73 Å². The molecule has 2 amide bonds. The van der Waals surface area contributed by atoms with E-state index in [0.717, 1.165) is 0 Å². The van der Waals surface area contributed by atoms with E-state index in [0.29, 0.717) is 0 Å². The van der Waals surface area contributed by atoms with Crippen LogP contribution in [0, 0.1) is 10.1 Å². The summed E-state index contributed by atoms with van der Waals surface area (Å²) in [5.74, 6) is -0.582. The zero-order chi connectivity index (χ0) is 15.6. The summed E-state index contributed by atoms with van der Waals surface area (Å²) in [6.07, 6.45) is -0.398. The van der Waals surface area contributed by atoms with Gasteiger partial charge in [0.15, 0.2) is 0 Å². The number of amides is 2. The molecule has 8 nitrogen and oxygen atoms in total. The van der Waals surface area contributed by atoms with E-state index in [4.69, 9.17) is 10.5 Å². The number of nitrogens with zero attached hydrogens (tertiary/aromatic N) is 2. The highest BCUT2D eigenvalue weighted by molar-refractivity contribution is 5.73. The van der Waals surface area contributed by atoms with Crippen molar-refractivity contribution in [3.63, 3.8) is 0 Å². The van der Waals surface area contributed by atoms with Gasteiger partial charge in [-0.3, -0.25) is 14.9 Å². The van der Waals surface area contributed by atoms with Crippen LogP contribution in [0.2, 0.25) is 0 Å². The highest BCUT2D eigenvalue weighted by Crippen LogP contribution is 2.30. The summed E-state index contributed by atoms with van der Waals surface area (Å²) < 4.78 is 5.19. The first-order valence-electron chi connectivity index (χ1n) is 6.46. The van der Waals surface area contributed by atoms with Crippen LogP contribution in [0.3, 0.4) is 0 Å². The van der Waals surface area contributed by atoms with Crippen molar-refractivity contribution < 1.29 is 19.2 Å². The van der Waals surface area contributed by atoms with E-state index >= 15 is 0 Å². The quantitative estimate of drug-likeness (QED) is 0.609. The first kappa shape index (κ1) is 16.2. The van der Waals surface area contributed by atoms with Crippen molar-refractivity contribution in [3.05, 3.63) is 10.1 Å². The van der Waals surface area contributed by atoms with Crippen molar-refractivity contribution in [2.75, 3.05) is 13.1 Å². The SMILES string of the molecule is CC(C)(C)OC(=O)N1CCC(CCC(N)=O)([N+](=O)[O-])C1. The summed E-state index contributed by atoms with van der Waals surface area (Å²) >= 11 is 0. The zero-order valence-electron chi connectivity index (χ0n) is 12.0. The number of rotatable bonds is 4. The Kier molecular flexibility index (Phi) is 4.57. The van der Waals surface area contributed by atoms with Gasteiger partial charge in [0.2, 0.25) is 11.4 Å². The third-order valence-electron chi connectivity index (χ3n) is 3.21. The van der Waals surface area contributed by atoms with E-state index in [1.54, 1.807) is 20.8 Å². The molecule has 0 bridgehead atoms. The van der Waals surface area contributed by atoms with E-state index < -0.39 is 28.1 Å². The zero-order valence-corrected chi connectivity index (χ0v) is 12.0. The monoisotopic (exact) mass is 287 g/mol. The van der Waals surface area contributed by atoms with E-state index in [1.165, 1.54) is 4.90 Å². The maximum absolute atomic E-state index is 11.9. The van der Waals surface area contributed by atoms with Crippen LogP contribution in [0.1, 0.15) is 40.0 Å². The van der Waals surface area contributed by atoms with Gasteiger partial charge in [-0.25, -0.2) is 4.79 Å². The topological polar surface area (TPSA) is 116 Å².